The normalized spacial score (nSPS) is 18.0. The van der Waals surface area contributed by atoms with Crippen molar-refractivity contribution in [1.29, 1.82) is 0 Å². The number of hydrogen-bond donors (Lipinski definition) is 1. The summed E-state index contributed by atoms with van der Waals surface area (Å²) in [4.78, 5) is 32.0. The summed E-state index contributed by atoms with van der Waals surface area (Å²) >= 11 is 0. The molecule has 0 bridgehead atoms. The topological polar surface area (TPSA) is 97.9 Å². The van der Waals surface area contributed by atoms with Crippen LogP contribution in [0.15, 0.2) is 16.1 Å². The van der Waals surface area contributed by atoms with Crippen molar-refractivity contribution in [3.63, 3.8) is 0 Å². The second-order valence-corrected chi connectivity index (χ2v) is 5.03. The number of carbonyl (C=O) groups is 2. The van der Waals surface area contributed by atoms with E-state index in [4.69, 9.17) is 4.74 Å². The number of rotatable bonds is 4. The van der Waals surface area contributed by atoms with E-state index in [1.807, 2.05) is 6.92 Å². The van der Waals surface area contributed by atoms with E-state index in [0.717, 1.165) is 0 Å². The minimum atomic E-state index is -0.321. The van der Waals surface area contributed by atoms with Gasteiger partial charge in [0.05, 0.1) is 11.6 Å². The van der Waals surface area contributed by atoms with Crippen LogP contribution in [-0.2, 0) is 14.3 Å². The number of nitrogens with zero attached hydrogens (tertiary/aromatic N) is 4. The Balaban J connectivity index is 2.34. The first-order valence-electron chi connectivity index (χ1n) is 6.99. The molecule has 8 nitrogen and oxygen atoms in total. The summed E-state index contributed by atoms with van der Waals surface area (Å²) in [6, 6.07) is 1.68. The number of amides is 2. The van der Waals surface area contributed by atoms with E-state index in [2.05, 4.69) is 20.4 Å². The summed E-state index contributed by atoms with van der Waals surface area (Å²) in [6.07, 6.45) is 0.653. The summed E-state index contributed by atoms with van der Waals surface area (Å²) in [7, 11) is 1.44. The van der Waals surface area contributed by atoms with Gasteiger partial charge in [-0.15, -0.1) is 0 Å². The zero-order valence-corrected chi connectivity index (χ0v) is 13.1. The standard InChI is InChI=1S/C14H19N5O3/c1-5-10-9(3)15-14(17-13(10)21)19-11(6-8(2)18-19)16-12(20)7-22-4/h6,10H,5,7H2,1-4H3,(H,16,20). The van der Waals surface area contributed by atoms with Gasteiger partial charge in [0.25, 0.3) is 17.8 Å². The van der Waals surface area contributed by atoms with E-state index in [1.54, 1.807) is 19.9 Å². The molecule has 0 fully saturated rings. The van der Waals surface area contributed by atoms with Gasteiger partial charge < -0.3 is 10.1 Å². The molecule has 1 unspecified atom stereocenters. The molecule has 0 spiro atoms. The number of aliphatic imine (C=N–C) groups is 2. The predicted molar refractivity (Wildman–Crippen MR) is 82.2 cm³/mol. The van der Waals surface area contributed by atoms with Gasteiger partial charge in [-0.2, -0.15) is 14.8 Å². The van der Waals surface area contributed by atoms with Gasteiger partial charge in [0.1, 0.15) is 12.4 Å². The highest BCUT2D eigenvalue weighted by atomic mass is 16.5. The van der Waals surface area contributed by atoms with Crippen molar-refractivity contribution < 1.29 is 14.3 Å². The number of carbonyl (C=O) groups excluding carboxylic acids is 2. The zero-order valence-electron chi connectivity index (χ0n) is 13.1. The summed E-state index contributed by atoms with van der Waals surface area (Å²) in [5, 5.41) is 6.90. The van der Waals surface area contributed by atoms with E-state index < -0.39 is 0 Å². The third-order valence-corrected chi connectivity index (χ3v) is 3.26. The SMILES string of the molecule is CCC1C(=O)N=C(n2nc(C)cc2NC(=O)COC)N=C1C. The van der Waals surface area contributed by atoms with Crippen LogP contribution in [-0.4, -0.2) is 47.0 Å². The predicted octanol–water partition coefficient (Wildman–Crippen LogP) is 1.01. The molecular formula is C14H19N5O3. The van der Waals surface area contributed by atoms with E-state index in [0.29, 0.717) is 23.6 Å². The Morgan fingerprint density at radius 2 is 2.14 bits per heavy atom. The van der Waals surface area contributed by atoms with Crippen LogP contribution >= 0.6 is 0 Å². The molecule has 1 atom stereocenters. The minimum absolute atomic E-state index is 0.0736. The molecule has 1 N–H and O–H groups in total. The van der Waals surface area contributed by atoms with Crippen molar-refractivity contribution >= 4 is 29.3 Å². The van der Waals surface area contributed by atoms with Gasteiger partial charge in [-0.05, 0) is 20.3 Å². The van der Waals surface area contributed by atoms with Crippen LogP contribution in [0, 0.1) is 12.8 Å². The maximum atomic E-state index is 12.0. The van der Waals surface area contributed by atoms with Crippen LogP contribution in [0.3, 0.4) is 0 Å². The molecule has 0 aromatic carbocycles. The van der Waals surface area contributed by atoms with E-state index in [1.165, 1.54) is 11.8 Å². The third-order valence-electron chi connectivity index (χ3n) is 3.26. The molecule has 0 radical (unpaired) electrons. The van der Waals surface area contributed by atoms with Crippen LogP contribution < -0.4 is 5.32 Å². The number of nitrogens with one attached hydrogen (secondary N) is 1. The van der Waals surface area contributed by atoms with Crippen LogP contribution in [0.1, 0.15) is 26.0 Å². The van der Waals surface area contributed by atoms with Crippen molar-refractivity contribution in [2.24, 2.45) is 15.9 Å². The monoisotopic (exact) mass is 305 g/mol. The van der Waals surface area contributed by atoms with Gasteiger partial charge in [-0.3, -0.25) is 9.59 Å². The van der Waals surface area contributed by atoms with Gasteiger partial charge in [0.15, 0.2) is 0 Å². The Kier molecular flexibility index (Phi) is 4.81. The number of hydrogen-bond acceptors (Lipinski definition) is 5. The lowest BCUT2D eigenvalue weighted by Crippen LogP contribution is -2.30. The fraction of sp³-hybridized carbons (Fsp3) is 0.500. The number of methoxy groups -OCH3 is 1. The van der Waals surface area contributed by atoms with Crippen LogP contribution in [0.5, 0.6) is 0 Å². The maximum absolute atomic E-state index is 12.0. The molecule has 8 heteroatoms. The molecule has 22 heavy (non-hydrogen) atoms. The molecule has 1 aliphatic rings. The highest BCUT2D eigenvalue weighted by Crippen LogP contribution is 2.17. The first-order valence-corrected chi connectivity index (χ1v) is 6.99. The molecule has 1 aliphatic heterocycles. The largest absolute Gasteiger partial charge is 0.375 e. The lowest BCUT2D eigenvalue weighted by Gasteiger charge is -2.17. The summed E-state index contributed by atoms with van der Waals surface area (Å²) < 4.78 is 6.13. The van der Waals surface area contributed by atoms with E-state index >= 15 is 0 Å². The number of ether oxygens (including phenoxy) is 1. The number of anilines is 1. The number of aromatic nitrogens is 2. The fourth-order valence-electron chi connectivity index (χ4n) is 2.23. The molecule has 118 valence electrons. The zero-order chi connectivity index (χ0) is 16.3. The van der Waals surface area contributed by atoms with Crippen LogP contribution in [0.4, 0.5) is 5.82 Å². The van der Waals surface area contributed by atoms with Crippen molar-refractivity contribution in [1.82, 2.24) is 9.78 Å². The average Bonchev–Trinajstić information content (AvgIpc) is 2.79. The lowest BCUT2D eigenvalue weighted by atomic mass is 10.00. The smallest absolute Gasteiger partial charge is 0.257 e. The fourth-order valence-corrected chi connectivity index (χ4v) is 2.23. The van der Waals surface area contributed by atoms with Crippen LogP contribution in [0.2, 0.25) is 0 Å². The molecule has 0 aliphatic carbocycles. The quantitative estimate of drug-likeness (QED) is 0.897. The molecule has 2 amide bonds. The molecule has 1 aromatic heterocycles. The summed E-state index contributed by atoms with van der Waals surface area (Å²) in [5.41, 5.74) is 1.37. The molecular weight excluding hydrogens is 286 g/mol. The third kappa shape index (κ3) is 3.28. The molecule has 1 aromatic rings. The highest BCUT2D eigenvalue weighted by Gasteiger charge is 2.26. The van der Waals surface area contributed by atoms with E-state index in [-0.39, 0.29) is 30.3 Å². The van der Waals surface area contributed by atoms with Crippen molar-refractivity contribution in [2.45, 2.75) is 27.2 Å². The first kappa shape index (κ1) is 16.0. The van der Waals surface area contributed by atoms with Gasteiger partial charge in [0.2, 0.25) is 0 Å². The Morgan fingerprint density at radius 3 is 2.73 bits per heavy atom. The maximum Gasteiger partial charge on any atom is 0.257 e. The summed E-state index contributed by atoms with van der Waals surface area (Å²) in [5.74, 6) is -0.289. The molecule has 0 saturated heterocycles. The van der Waals surface area contributed by atoms with Crippen molar-refractivity contribution in [3.8, 4) is 0 Å². The Labute approximate surface area is 128 Å². The lowest BCUT2D eigenvalue weighted by molar-refractivity contribution is -0.120. The van der Waals surface area contributed by atoms with Crippen LogP contribution in [0.25, 0.3) is 0 Å². The van der Waals surface area contributed by atoms with E-state index in [9.17, 15) is 9.59 Å². The van der Waals surface area contributed by atoms with Crippen molar-refractivity contribution in [3.05, 3.63) is 11.8 Å². The van der Waals surface area contributed by atoms with Gasteiger partial charge in [-0.1, -0.05) is 6.92 Å². The molecule has 2 heterocycles. The Bertz CT molecular complexity index is 659. The molecule has 2 rings (SSSR count). The number of aryl methyl sites for hydroxylation is 1. The second kappa shape index (κ2) is 6.61. The van der Waals surface area contributed by atoms with Gasteiger partial charge in [0, 0.05) is 18.9 Å². The average molecular weight is 305 g/mol. The van der Waals surface area contributed by atoms with Gasteiger partial charge in [-0.25, -0.2) is 4.99 Å². The van der Waals surface area contributed by atoms with Crippen molar-refractivity contribution in [2.75, 3.05) is 19.0 Å². The Hall–Kier alpha value is -2.35. The summed E-state index contributed by atoms with van der Waals surface area (Å²) in [6.45, 7) is 5.41. The second-order valence-electron chi connectivity index (χ2n) is 5.03. The minimum Gasteiger partial charge on any atom is -0.375 e. The highest BCUT2D eigenvalue weighted by molar-refractivity contribution is 6.15. The van der Waals surface area contributed by atoms with Gasteiger partial charge >= 0.3 is 0 Å². The molecule has 0 saturated carbocycles. The Morgan fingerprint density at radius 1 is 1.41 bits per heavy atom. The first-order chi connectivity index (χ1) is 10.5.